The molecule has 0 aliphatic carbocycles. The number of halogens is 1. The Morgan fingerprint density at radius 3 is 2.83 bits per heavy atom. The van der Waals surface area contributed by atoms with Gasteiger partial charge < -0.3 is 4.74 Å². The number of esters is 1. The number of hydrogen-bond donors (Lipinski definition) is 0. The zero-order valence-corrected chi connectivity index (χ0v) is 16.6. The number of ether oxygens (including phenoxy) is 1. The van der Waals surface area contributed by atoms with E-state index in [2.05, 4.69) is 33.0 Å². The van der Waals surface area contributed by atoms with E-state index in [1.165, 1.54) is 11.8 Å². The van der Waals surface area contributed by atoms with Crippen molar-refractivity contribution >= 4 is 55.2 Å². The molecular formula is C18H16BrNO2S2. The lowest BCUT2D eigenvalue weighted by molar-refractivity contribution is -0.141. The quantitative estimate of drug-likeness (QED) is 0.402. The van der Waals surface area contributed by atoms with E-state index in [9.17, 15) is 4.79 Å². The molecule has 124 valence electrons. The van der Waals surface area contributed by atoms with Gasteiger partial charge in [0.05, 0.1) is 16.0 Å². The first-order chi connectivity index (χ1) is 11.5. The van der Waals surface area contributed by atoms with Gasteiger partial charge in [-0.3, -0.25) is 4.79 Å². The number of aromatic nitrogens is 1. The number of carbonyl (C=O) groups is 1. The van der Waals surface area contributed by atoms with Gasteiger partial charge in [-0.05, 0) is 49.2 Å². The molecule has 1 heterocycles. The first-order valence-corrected chi connectivity index (χ1v) is 10.0. The highest BCUT2D eigenvalue weighted by Crippen LogP contribution is 2.28. The number of thiazole rings is 1. The van der Waals surface area contributed by atoms with Crippen molar-refractivity contribution in [1.82, 2.24) is 4.98 Å². The number of thioether (sulfide) groups is 1. The van der Waals surface area contributed by atoms with Crippen LogP contribution in [-0.2, 0) is 16.1 Å². The zero-order chi connectivity index (χ0) is 17.1. The number of aryl methyl sites for hydroxylation is 2. The lowest BCUT2D eigenvalue weighted by Gasteiger charge is -2.08. The third-order valence-corrected chi connectivity index (χ3v) is 6.49. The minimum Gasteiger partial charge on any atom is -0.458 e. The molecule has 2 aromatic carbocycles. The maximum atomic E-state index is 12.0. The highest BCUT2D eigenvalue weighted by molar-refractivity contribution is 9.10. The molecule has 0 aliphatic rings. The van der Waals surface area contributed by atoms with E-state index in [1.54, 1.807) is 11.3 Å². The van der Waals surface area contributed by atoms with Crippen molar-refractivity contribution in [2.24, 2.45) is 0 Å². The van der Waals surface area contributed by atoms with Gasteiger partial charge in [-0.2, -0.15) is 0 Å². The molecule has 0 unspecified atom stereocenters. The predicted molar refractivity (Wildman–Crippen MR) is 104 cm³/mol. The molecule has 0 saturated carbocycles. The maximum absolute atomic E-state index is 12.0. The molecule has 0 radical (unpaired) electrons. The van der Waals surface area contributed by atoms with Crippen LogP contribution in [0.2, 0.25) is 0 Å². The first kappa shape index (κ1) is 17.5. The van der Waals surface area contributed by atoms with Crippen molar-refractivity contribution in [3.63, 3.8) is 0 Å². The standard InChI is InChI=1S/C18H16BrNO2S2/c1-11-8-16(12(2)7-13(11)19)23-10-18(21)22-9-17-20-14-5-3-4-6-15(14)24-17/h3-8H,9-10H2,1-2H3. The Bertz CT molecular complexity index is 859. The molecule has 0 N–H and O–H groups in total. The van der Waals surface area contributed by atoms with Crippen LogP contribution in [0.3, 0.4) is 0 Å². The van der Waals surface area contributed by atoms with Crippen molar-refractivity contribution in [1.29, 1.82) is 0 Å². The summed E-state index contributed by atoms with van der Waals surface area (Å²) in [6.07, 6.45) is 0. The molecule has 0 amide bonds. The number of rotatable bonds is 5. The Kier molecular flexibility index (Phi) is 5.58. The fourth-order valence-corrected chi connectivity index (χ4v) is 4.45. The zero-order valence-electron chi connectivity index (χ0n) is 13.3. The van der Waals surface area contributed by atoms with Crippen LogP contribution in [-0.4, -0.2) is 16.7 Å². The molecule has 0 saturated heterocycles. The van der Waals surface area contributed by atoms with Gasteiger partial charge >= 0.3 is 5.97 Å². The molecule has 24 heavy (non-hydrogen) atoms. The van der Waals surface area contributed by atoms with E-state index < -0.39 is 0 Å². The summed E-state index contributed by atoms with van der Waals surface area (Å²) in [6, 6.07) is 12.1. The Morgan fingerprint density at radius 2 is 2.04 bits per heavy atom. The monoisotopic (exact) mass is 421 g/mol. The van der Waals surface area contributed by atoms with Crippen molar-refractivity contribution in [3.8, 4) is 0 Å². The Labute approximate surface area is 157 Å². The number of carbonyl (C=O) groups excluding carboxylic acids is 1. The molecule has 3 rings (SSSR count). The SMILES string of the molecule is Cc1cc(SCC(=O)OCc2nc3ccccc3s2)c(C)cc1Br. The minimum atomic E-state index is -0.223. The summed E-state index contributed by atoms with van der Waals surface area (Å²) in [4.78, 5) is 17.6. The van der Waals surface area contributed by atoms with E-state index in [1.807, 2.05) is 38.1 Å². The summed E-state index contributed by atoms with van der Waals surface area (Å²) in [5.74, 6) is 0.0755. The average molecular weight is 422 g/mol. The van der Waals surface area contributed by atoms with Crippen LogP contribution < -0.4 is 0 Å². The normalized spacial score (nSPS) is 11.0. The van der Waals surface area contributed by atoms with Crippen molar-refractivity contribution in [2.75, 3.05) is 5.75 Å². The van der Waals surface area contributed by atoms with Gasteiger partial charge in [0.25, 0.3) is 0 Å². The summed E-state index contributed by atoms with van der Waals surface area (Å²) in [7, 11) is 0. The molecule has 0 bridgehead atoms. The van der Waals surface area contributed by atoms with E-state index in [-0.39, 0.29) is 12.6 Å². The molecule has 3 aromatic rings. The largest absolute Gasteiger partial charge is 0.458 e. The minimum absolute atomic E-state index is 0.223. The van der Waals surface area contributed by atoms with Crippen molar-refractivity contribution in [3.05, 3.63) is 57.0 Å². The predicted octanol–water partition coefficient (Wildman–Crippen LogP) is 5.51. The maximum Gasteiger partial charge on any atom is 0.316 e. The molecule has 0 atom stereocenters. The van der Waals surface area contributed by atoms with Crippen LogP contribution in [0, 0.1) is 13.8 Å². The second-order valence-electron chi connectivity index (χ2n) is 5.39. The highest BCUT2D eigenvalue weighted by Gasteiger charge is 2.10. The van der Waals surface area contributed by atoms with Crippen LogP contribution >= 0.6 is 39.0 Å². The lowest BCUT2D eigenvalue weighted by Crippen LogP contribution is -2.07. The van der Waals surface area contributed by atoms with Gasteiger partial charge in [0.15, 0.2) is 0 Å². The molecule has 0 spiro atoms. The van der Waals surface area contributed by atoms with Gasteiger partial charge in [0, 0.05) is 9.37 Å². The summed E-state index contributed by atoms with van der Waals surface area (Å²) in [5, 5.41) is 0.824. The molecular weight excluding hydrogens is 406 g/mol. The second-order valence-corrected chi connectivity index (χ2v) is 8.38. The summed E-state index contributed by atoms with van der Waals surface area (Å²) < 4.78 is 7.55. The van der Waals surface area contributed by atoms with Crippen LogP contribution in [0.25, 0.3) is 10.2 Å². The number of hydrogen-bond acceptors (Lipinski definition) is 5. The Hall–Kier alpha value is -1.37. The van der Waals surface area contributed by atoms with Crippen LogP contribution in [0.4, 0.5) is 0 Å². The van der Waals surface area contributed by atoms with Gasteiger partial charge in [0.1, 0.15) is 11.6 Å². The topological polar surface area (TPSA) is 39.2 Å². The van der Waals surface area contributed by atoms with E-state index in [0.717, 1.165) is 35.7 Å². The van der Waals surface area contributed by atoms with Gasteiger partial charge in [-0.25, -0.2) is 4.98 Å². The van der Waals surface area contributed by atoms with Gasteiger partial charge in [0.2, 0.25) is 0 Å². The Morgan fingerprint density at radius 1 is 1.25 bits per heavy atom. The summed E-state index contributed by atoms with van der Waals surface area (Å²) in [5.41, 5.74) is 3.26. The molecule has 6 heteroatoms. The van der Waals surface area contributed by atoms with Crippen LogP contribution in [0.15, 0.2) is 45.8 Å². The molecule has 0 fully saturated rings. The van der Waals surface area contributed by atoms with Crippen molar-refractivity contribution in [2.45, 2.75) is 25.3 Å². The molecule has 3 nitrogen and oxygen atoms in total. The van der Waals surface area contributed by atoms with Gasteiger partial charge in [-0.15, -0.1) is 23.1 Å². The third kappa shape index (κ3) is 4.18. The highest BCUT2D eigenvalue weighted by atomic mass is 79.9. The lowest BCUT2D eigenvalue weighted by atomic mass is 10.2. The number of nitrogens with zero attached hydrogens (tertiary/aromatic N) is 1. The Balaban J connectivity index is 1.55. The fraction of sp³-hybridized carbons (Fsp3) is 0.222. The second kappa shape index (κ2) is 7.68. The number of benzene rings is 2. The summed E-state index contributed by atoms with van der Waals surface area (Å²) >= 11 is 6.58. The third-order valence-electron chi connectivity index (χ3n) is 3.50. The smallest absolute Gasteiger partial charge is 0.316 e. The molecule has 1 aromatic heterocycles. The van der Waals surface area contributed by atoms with Crippen LogP contribution in [0.1, 0.15) is 16.1 Å². The van der Waals surface area contributed by atoms with E-state index >= 15 is 0 Å². The van der Waals surface area contributed by atoms with E-state index in [0.29, 0.717) is 5.75 Å². The average Bonchev–Trinajstić information content (AvgIpc) is 2.98. The van der Waals surface area contributed by atoms with E-state index in [4.69, 9.17) is 4.74 Å². The van der Waals surface area contributed by atoms with Gasteiger partial charge in [-0.1, -0.05) is 28.1 Å². The van der Waals surface area contributed by atoms with Crippen LogP contribution in [0.5, 0.6) is 0 Å². The van der Waals surface area contributed by atoms with Crippen molar-refractivity contribution < 1.29 is 9.53 Å². The first-order valence-electron chi connectivity index (χ1n) is 7.42. The molecule has 0 aliphatic heterocycles. The fourth-order valence-electron chi connectivity index (χ4n) is 2.21. The number of fused-ring (bicyclic) bond motifs is 1. The summed E-state index contributed by atoms with van der Waals surface area (Å²) in [6.45, 7) is 4.31. The number of para-hydroxylation sites is 1.